The molecule has 1 aromatic carbocycles. The highest BCUT2D eigenvalue weighted by Gasteiger charge is 2.34. The maximum absolute atomic E-state index is 13.2. The summed E-state index contributed by atoms with van der Waals surface area (Å²) < 4.78 is 54.5. The molecule has 0 radical (unpaired) electrons. The van der Waals surface area contributed by atoms with Crippen LogP contribution in [0.3, 0.4) is 0 Å². The summed E-state index contributed by atoms with van der Waals surface area (Å²) in [5, 5.41) is 17.5. The Morgan fingerprint density at radius 1 is 1.25 bits per heavy atom. The predicted octanol–water partition coefficient (Wildman–Crippen LogP) is 0.533. The van der Waals surface area contributed by atoms with Gasteiger partial charge in [-0.2, -0.15) is 13.2 Å². The lowest BCUT2D eigenvalue weighted by Crippen LogP contribution is -2.34. The third-order valence-corrected chi connectivity index (χ3v) is 1.90. The summed E-state index contributed by atoms with van der Waals surface area (Å²) in [5.74, 6) is -1.95. The highest BCUT2D eigenvalue weighted by molar-refractivity contribution is 6.59. The largest absolute Gasteiger partial charge is 0.497 e. The van der Waals surface area contributed by atoms with Crippen molar-refractivity contribution in [2.75, 3.05) is 7.11 Å². The van der Waals surface area contributed by atoms with Gasteiger partial charge in [0.25, 0.3) is 0 Å². The van der Waals surface area contributed by atoms with Crippen molar-refractivity contribution in [3.63, 3.8) is 0 Å². The van der Waals surface area contributed by atoms with Gasteiger partial charge in [-0.25, -0.2) is 4.39 Å². The second-order valence-electron chi connectivity index (χ2n) is 2.95. The normalized spacial score (nSPS) is 11.4. The second-order valence-corrected chi connectivity index (χ2v) is 2.95. The van der Waals surface area contributed by atoms with E-state index >= 15 is 0 Å². The molecule has 0 atom stereocenters. The molecular weight excluding hydrogens is 231 g/mol. The molecule has 88 valence electrons. The molecule has 0 aliphatic carbocycles. The first-order valence-corrected chi connectivity index (χ1v) is 4.08. The number of methoxy groups -OCH3 is 1. The fourth-order valence-corrected chi connectivity index (χ4v) is 1.18. The quantitative estimate of drug-likeness (QED) is 0.583. The Morgan fingerprint density at radius 2 is 1.81 bits per heavy atom. The topological polar surface area (TPSA) is 49.7 Å². The van der Waals surface area contributed by atoms with Crippen LogP contribution in [-0.4, -0.2) is 24.3 Å². The van der Waals surface area contributed by atoms with Crippen LogP contribution in [0.4, 0.5) is 17.6 Å². The third-order valence-electron chi connectivity index (χ3n) is 1.90. The van der Waals surface area contributed by atoms with Crippen LogP contribution in [-0.2, 0) is 6.18 Å². The number of benzene rings is 1. The molecule has 0 spiro atoms. The number of hydrogen-bond donors (Lipinski definition) is 2. The highest BCUT2D eigenvalue weighted by atomic mass is 19.4. The van der Waals surface area contributed by atoms with Gasteiger partial charge in [-0.15, -0.1) is 0 Å². The van der Waals surface area contributed by atoms with Gasteiger partial charge in [0.05, 0.1) is 18.1 Å². The van der Waals surface area contributed by atoms with Gasteiger partial charge < -0.3 is 14.8 Å². The molecule has 2 N–H and O–H groups in total. The Kier molecular flexibility index (Phi) is 3.44. The lowest BCUT2D eigenvalue weighted by molar-refractivity contribution is -0.137. The van der Waals surface area contributed by atoms with Crippen LogP contribution in [0.2, 0.25) is 0 Å². The Morgan fingerprint density at radius 3 is 2.19 bits per heavy atom. The number of alkyl halides is 3. The minimum absolute atomic E-state index is 0.178. The molecule has 0 heterocycles. The minimum atomic E-state index is -4.73. The van der Waals surface area contributed by atoms with Crippen LogP contribution >= 0.6 is 0 Å². The van der Waals surface area contributed by atoms with E-state index in [2.05, 4.69) is 4.74 Å². The minimum Gasteiger partial charge on any atom is -0.497 e. The zero-order valence-corrected chi connectivity index (χ0v) is 8.05. The summed E-state index contributed by atoms with van der Waals surface area (Å²) in [7, 11) is -1.24. The van der Waals surface area contributed by atoms with Crippen molar-refractivity contribution in [3.8, 4) is 5.75 Å². The zero-order chi connectivity index (χ0) is 12.5. The molecule has 0 aliphatic heterocycles. The van der Waals surface area contributed by atoms with Crippen molar-refractivity contribution >= 4 is 12.6 Å². The number of rotatable bonds is 2. The average molecular weight is 238 g/mol. The van der Waals surface area contributed by atoms with Crippen molar-refractivity contribution in [2.24, 2.45) is 0 Å². The van der Waals surface area contributed by atoms with Crippen LogP contribution < -0.4 is 10.2 Å². The lowest BCUT2D eigenvalue weighted by Gasteiger charge is -2.13. The van der Waals surface area contributed by atoms with Gasteiger partial charge in [-0.1, -0.05) is 0 Å². The van der Waals surface area contributed by atoms with Crippen molar-refractivity contribution < 1.29 is 32.3 Å². The average Bonchev–Trinajstić information content (AvgIpc) is 2.14. The van der Waals surface area contributed by atoms with E-state index in [4.69, 9.17) is 10.0 Å². The highest BCUT2D eigenvalue weighted by Crippen LogP contribution is 2.31. The van der Waals surface area contributed by atoms with Gasteiger partial charge in [0.1, 0.15) is 11.6 Å². The molecule has 0 unspecified atom stereocenters. The number of halogens is 4. The van der Waals surface area contributed by atoms with Gasteiger partial charge in [-0.05, 0) is 12.1 Å². The SMILES string of the molecule is COc1cc(C(F)(F)F)cc(F)c1B(O)O. The molecule has 16 heavy (non-hydrogen) atoms. The monoisotopic (exact) mass is 238 g/mol. The van der Waals surface area contributed by atoms with E-state index in [1.807, 2.05) is 0 Å². The fraction of sp³-hybridized carbons (Fsp3) is 0.250. The summed E-state index contributed by atoms with van der Waals surface area (Å²) >= 11 is 0. The van der Waals surface area contributed by atoms with Crippen LogP contribution in [0.1, 0.15) is 5.56 Å². The summed E-state index contributed by atoms with van der Waals surface area (Å²) in [6.45, 7) is 0. The second kappa shape index (κ2) is 4.30. The van der Waals surface area contributed by atoms with Gasteiger partial charge in [-0.3, -0.25) is 0 Å². The van der Waals surface area contributed by atoms with Gasteiger partial charge in [0, 0.05) is 0 Å². The Labute approximate surface area is 88.4 Å². The lowest BCUT2D eigenvalue weighted by atomic mass is 9.78. The van der Waals surface area contributed by atoms with Crippen molar-refractivity contribution in [2.45, 2.75) is 6.18 Å². The van der Waals surface area contributed by atoms with Crippen molar-refractivity contribution in [1.82, 2.24) is 0 Å². The van der Waals surface area contributed by atoms with Crippen molar-refractivity contribution in [1.29, 1.82) is 0 Å². The molecule has 3 nitrogen and oxygen atoms in total. The maximum Gasteiger partial charge on any atom is 0.495 e. The maximum atomic E-state index is 13.2. The van der Waals surface area contributed by atoms with Gasteiger partial charge in [0.2, 0.25) is 0 Å². The molecule has 0 amide bonds. The third kappa shape index (κ3) is 2.45. The van der Waals surface area contributed by atoms with Crippen LogP contribution in [0.15, 0.2) is 12.1 Å². The Bertz CT molecular complexity index is 392. The number of ether oxygens (including phenoxy) is 1. The standard InChI is InChI=1S/C8H7BF4O3/c1-16-6-3-4(8(11,12)13)2-5(10)7(6)9(14)15/h2-3,14-15H,1H3. The molecule has 8 heteroatoms. The molecule has 0 aliphatic rings. The Balaban J connectivity index is 3.38. The van der Waals surface area contributed by atoms with Crippen LogP contribution in [0.25, 0.3) is 0 Å². The van der Waals surface area contributed by atoms with E-state index in [0.29, 0.717) is 6.07 Å². The predicted molar refractivity (Wildman–Crippen MR) is 47.8 cm³/mol. The van der Waals surface area contributed by atoms with E-state index in [1.165, 1.54) is 0 Å². The first kappa shape index (κ1) is 12.8. The molecule has 0 saturated heterocycles. The number of hydrogen-bond acceptors (Lipinski definition) is 3. The molecule has 1 aromatic rings. The molecule has 0 bridgehead atoms. The fourth-order valence-electron chi connectivity index (χ4n) is 1.18. The zero-order valence-electron chi connectivity index (χ0n) is 8.05. The molecule has 0 saturated carbocycles. The summed E-state index contributed by atoms with van der Waals surface area (Å²) in [5.41, 5.74) is -1.98. The van der Waals surface area contributed by atoms with Crippen LogP contribution in [0, 0.1) is 5.82 Å². The smallest absolute Gasteiger partial charge is 0.495 e. The molecular formula is C8H7BF4O3. The van der Waals surface area contributed by atoms with E-state index in [9.17, 15) is 17.6 Å². The first-order chi connectivity index (χ1) is 7.27. The van der Waals surface area contributed by atoms with E-state index in [1.54, 1.807) is 0 Å². The van der Waals surface area contributed by atoms with Gasteiger partial charge >= 0.3 is 13.3 Å². The van der Waals surface area contributed by atoms with Crippen molar-refractivity contribution in [3.05, 3.63) is 23.5 Å². The summed E-state index contributed by atoms with van der Waals surface area (Å²) in [6.07, 6.45) is -4.73. The summed E-state index contributed by atoms with van der Waals surface area (Å²) in [4.78, 5) is 0. The van der Waals surface area contributed by atoms with E-state index < -0.39 is 35.9 Å². The van der Waals surface area contributed by atoms with E-state index in [-0.39, 0.29) is 6.07 Å². The molecule has 0 aromatic heterocycles. The Hall–Kier alpha value is -1.28. The first-order valence-electron chi connectivity index (χ1n) is 4.08. The molecule has 1 rings (SSSR count). The van der Waals surface area contributed by atoms with E-state index in [0.717, 1.165) is 7.11 Å². The summed E-state index contributed by atoms with van der Waals surface area (Å²) in [6, 6.07) is 0.676. The molecule has 0 fully saturated rings. The van der Waals surface area contributed by atoms with Crippen LogP contribution in [0.5, 0.6) is 5.75 Å². The van der Waals surface area contributed by atoms with Gasteiger partial charge in [0.15, 0.2) is 0 Å².